The molecule has 11 heavy (non-hydrogen) atoms. The molecule has 0 unspecified atom stereocenters. The van der Waals surface area contributed by atoms with Crippen LogP contribution in [0.25, 0.3) is 0 Å². The van der Waals surface area contributed by atoms with Gasteiger partial charge in [0.15, 0.2) is 0 Å². The minimum absolute atomic E-state index is 0.212. The lowest BCUT2D eigenvalue weighted by Crippen LogP contribution is -2.57. The number of hydrogen-bond donors (Lipinski definition) is 0. The predicted molar refractivity (Wildman–Crippen MR) is 39.8 cm³/mol. The Bertz CT molecular complexity index is 191. The van der Waals surface area contributed by atoms with E-state index in [2.05, 4.69) is 11.6 Å². The van der Waals surface area contributed by atoms with Crippen LogP contribution in [0, 0.1) is 0 Å². The number of alkyl halides is 2. The molecule has 1 saturated heterocycles. The van der Waals surface area contributed by atoms with E-state index in [4.69, 9.17) is 0 Å². The van der Waals surface area contributed by atoms with Gasteiger partial charge >= 0.3 is 0 Å². The molecule has 1 rings (SSSR count). The minimum Gasteiger partial charge on any atom is -0.348 e. The second kappa shape index (κ2) is 2.60. The Morgan fingerprint density at radius 1 is 1.64 bits per heavy atom. The van der Waals surface area contributed by atoms with Gasteiger partial charge in [0.2, 0.25) is 0 Å². The van der Waals surface area contributed by atoms with Crippen LogP contribution in [0.4, 0.5) is 8.78 Å². The van der Waals surface area contributed by atoms with Gasteiger partial charge in [0.25, 0.3) is 5.92 Å². The molecule has 0 radical (unpaired) electrons. The van der Waals surface area contributed by atoms with Gasteiger partial charge < -0.3 is 4.90 Å². The number of likely N-dealkylation sites (tertiary alicyclic amines) is 1. The number of halogens is 2. The van der Waals surface area contributed by atoms with Crippen molar-refractivity contribution < 1.29 is 8.78 Å². The van der Waals surface area contributed by atoms with Crippen molar-refractivity contribution in [2.24, 2.45) is 4.99 Å². The van der Waals surface area contributed by atoms with Gasteiger partial charge in [0.05, 0.1) is 13.1 Å². The largest absolute Gasteiger partial charge is 0.348 e. The van der Waals surface area contributed by atoms with Crippen molar-refractivity contribution in [3.05, 3.63) is 12.8 Å². The summed E-state index contributed by atoms with van der Waals surface area (Å²) in [6, 6.07) is 0. The van der Waals surface area contributed by atoms with Crippen molar-refractivity contribution in [3.63, 3.8) is 0 Å². The molecule has 1 aliphatic heterocycles. The second-order valence-corrected chi connectivity index (χ2v) is 2.57. The number of hydrogen-bond acceptors (Lipinski definition) is 1. The maximum absolute atomic E-state index is 12.3. The normalized spacial score (nSPS) is 22.8. The van der Waals surface area contributed by atoms with E-state index in [9.17, 15) is 8.78 Å². The predicted octanol–water partition coefficient (Wildman–Crippen LogP) is 1.50. The fourth-order valence-corrected chi connectivity index (χ4v) is 0.955. The molecule has 2 nitrogen and oxygen atoms in total. The van der Waals surface area contributed by atoms with Gasteiger partial charge in [-0.2, -0.15) is 0 Å². The summed E-state index contributed by atoms with van der Waals surface area (Å²) in [6.45, 7) is 4.64. The third-order valence-corrected chi connectivity index (χ3v) is 1.58. The van der Waals surface area contributed by atoms with Crippen LogP contribution in [0.15, 0.2) is 17.8 Å². The molecule has 0 aromatic heterocycles. The fraction of sp³-hybridized carbons (Fsp3) is 0.571. The summed E-state index contributed by atoms with van der Waals surface area (Å²) < 4.78 is 24.5. The lowest BCUT2D eigenvalue weighted by atomic mass is 10.1. The molecule has 1 heterocycles. The SMILES string of the molecule is C=CN=C(C)N1CC(F)(F)C1. The Kier molecular flexibility index (Phi) is 1.93. The van der Waals surface area contributed by atoms with Crippen LogP contribution in [0.3, 0.4) is 0 Å². The molecule has 0 aromatic carbocycles. The summed E-state index contributed by atoms with van der Waals surface area (Å²) in [5.41, 5.74) is 0. The van der Waals surface area contributed by atoms with Gasteiger partial charge in [-0.25, -0.2) is 13.8 Å². The topological polar surface area (TPSA) is 15.6 Å². The van der Waals surface area contributed by atoms with Crippen molar-refractivity contribution in [1.82, 2.24) is 4.90 Å². The Morgan fingerprint density at radius 2 is 2.18 bits per heavy atom. The van der Waals surface area contributed by atoms with Crippen molar-refractivity contribution in [1.29, 1.82) is 0 Å². The van der Waals surface area contributed by atoms with Crippen LogP contribution in [0.1, 0.15) is 6.92 Å². The van der Waals surface area contributed by atoms with Gasteiger partial charge in [0, 0.05) is 6.20 Å². The number of rotatable bonds is 1. The molecule has 1 fully saturated rings. The Balaban J connectivity index is 2.44. The van der Waals surface area contributed by atoms with E-state index in [0.29, 0.717) is 5.84 Å². The molecule has 0 bridgehead atoms. The smallest absolute Gasteiger partial charge is 0.282 e. The molecule has 0 saturated carbocycles. The molecule has 0 aliphatic carbocycles. The third kappa shape index (κ3) is 1.76. The van der Waals surface area contributed by atoms with Crippen molar-refractivity contribution in [2.45, 2.75) is 12.8 Å². The van der Waals surface area contributed by atoms with Gasteiger partial charge in [-0.1, -0.05) is 6.58 Å². The standard InChI is InChI=1S/C7H10F2N2/c1-3-10-6(2)11-4-7(8,9)5-11/h3H,1,4-5H2,2H3. The van der Waals surface area contributed by atoms with E-state index in [0.717, 1.165) is 0 Å². The lowest BCUT2D eigenvalue weighted by molar-refractivity contribution is -0.101. The zero-order chi connectivity index (χ0) is 8.48. The van der Waals surface area contributed by atoms with E-state index in [1.165, 1.54) is 11.1 Å². The van der Waals surface area contributed by atoms with E-state index >= 15 is 0 Å². The molecular weight excluding hydrogens is 150 g/mol. The van der Waals surface area contributed by atoms with Gasteiger partial charge in [-0.3, -0.25) is 0 Å². The summed E-state index contributed by atoms with van der Waals surface area (Å²) >= 11 is 0. The highest BCUT2D eigenvalue weighted by Gasteiger charge is 2.44. The van der Waals surface area contributed by atoms with Crippen molar-refractivity contribution in [3.8, 4) is 0 Å². The zero-order valence-corrected chi connectivity index (χ0v) is 6.35. The maximum atomic E-state index is 12.3. The molecule has 0 aromatic rings. The molecule has 4 heteroatoms. The first-order valence-corrected chi connectivity index (χ1v) is 3.33. The molecular formula is C7H10F2N2. The van der Waals surface area contributed by atoms with E-state index in [1.54, 1.807) is 6.92 Å². The Hall–Kier alpha value is -0.930. The first-order valence-electron chi connectivity index (χ1n) is 3.33. The number of nitrogens with zero attached hydrogens (tertiary/aromatic N) is 2. The molecule has 62 valence electrons. The van der Waals surface area contributed by atoms with Gasteiger partial charge in [-0.05, 0) is 6.92 Å². The Morgan fingerprint density at radius 3 is 2.55 bits per heavy atom. The van der Waals surface area contributed by atoms with Crippen molar-refractivity contribution in [2.75, 3.05) is 13.1 Å². The lowest BCUT2D eigenvalue weighted by Gasteiger charge is -2.39. The van der Waals surface area contributed by atoms with Crippen LogP contribution >= 0.6 is 0 Å². The summed E-state index contributed by atoms with van der Waals surface area (Å²) in [5.74, 6) is -1.91. The molecule has 1 aliphatic rings. The summed E-state index contributed by atoms with van der Waals surface area (Å²) in [6.07, 6.45) is 1.35. The molecule has 0 spiro atoms. The van der Waals surface area contributed by atoms with Gasteiger partial charge in [0.1, 0.15) is 5.84 Å². The fourth-order valence-electron chi connectivity index (χ4n) is 0.955. The van der Waals surface area contributed by atoms with Crippen LogP contribution in [0.5, 0.6) is 0 Å². The highest BCUT2D eigenvalue weighted by atomic mass is 19.3. The van der Waals surface area contributed by atoms with E-state index < -0.39 is 5.92 Å². The molecule has 0 amide bonds. The van der Waals surface area contributed by atoms with Crippen LogP contribution in [0.2, 0.25) is 0 Å². The number of amidine groups is 1. The number of aliphatic imine (C=N–C) groups is 1. The highest BCUT2D eigenvalue weighted by molar-refractivity contribution is 5.81. The first kappa shape index (κ1) is 8.17. The van der Waals surface area contributed by atoms with E-state index in [-0.39, 0.29) is 13.1 Å². The summed E-state index contributed by atoms with van der Waals surface area (Å²) in [4.78, 5) is 5.30. The maximum Gasteiger partial charge on any atom is 0.282 e. The second-order valence-electron chi connectivity index (χ2n) is 2.57. The van der Waals surface area contributed by atoms with Gasteiger partial charge in [-0.15, -0.1) is 0 Å². The first-order chi connectivity index (χ1) is 5.05. The summed E-state index contributed by atoms with van der Waals surface area (Å²) in [5, 5.41) is 0. The van der Waals surface area contributed by atoms with Crippen LogP contribution in [-0.4, -0.2) is 29.7 Å². The van der Waals surface area contributed by atoms with Crippen molar-refractivity contribution >= 4 is 5.84 Å². The third-order valence-electron chi connectivity index (χ3n) is 1.58. The van der Waals surface area contributed by atoms with E-state index in [1.807, 2.05) is 0 Å². The average Bonchev–Trinajstić information content (AvgIpc) is 1.83. The quantitative estimate of drug-likeness (QED) is 0.419. The van der Waals surface area contributed by atoms with Crippen LogP contribution in [-0.2, 0) is 0 Å². The zero-order valence-electron chi connectivity index (χ0n) is 6.35. The highest BCUT2D eigenvalue weighted by Crippen LogP contribution is 2.26. The minimum atomic E-state index is -2.52. The molecule has 0 atom stereocenters. The monoisotopic (exact) mass is 160 g/mol. The van der Waals surface area contributed by atoms with Crippen LogP contribution < -0.4 is 0 Å². The Labute approximate surface area is 64.2 Å². The molecule has 0 N–H and O–H groups in total. The summed E-state index contributed by atoms with van der Waals surface area (Å²) in [7, 11) is 0. The average molecular weight is 160 g/mol.